The second-order valence-electron chi connectivity index (χ2n) is 3.86. The smallest absolute Gasteiger partial charge is 0.244 e. The SMILES string of the molecule is CC1CNCCN1S(=O)(=O)c1cccnc1. The van der Waals surface area contributed by atoms with Crippen LogP contribution >= 0.6 is 0 Å². The number of pyridine rings is 1. The van der Waals surface area contributed by atoms with Gasteiger partial charge in [0.2, 0.25) is 10.0 Å². The molecule has 0 spiro atoms. The van der Waals surface area contributed by atoms with Gasteiger partial charge in [-0.05, 0) is 19.1 Å². The van der Waals surface area contributed by atoms with Crippen LogP contribution in [0.3, 0.4) is 0 Å². The molecule has 1 aliphatic heterocycles. The van der Waals surface area contributed by atoms with Crippen molar-refractivity contribution in [1.82, 2.24) is 14.6 Å². The molecule has 2 heterocycles. The molecule has 0 bridgehead atoms. The van der Waals surface area contributed by atoms with E-state index in [2.05, 4.69) is 10.3 Å². The third kappa shape index (κ3) is 2.09. The number of rotatable bonds is 2. The molecule has 1 atom stereocenters. The van der Waals surface area contributed by atoms with Gasteiger partial charge in [-0.2, -0.15) is 4.31 Å². The number of hydrogen-bond donors (Lipinski definition) is 1. The Labute approximate surface area is 95.5 Å². The maximum Gasteiger partial charge on any atom is 0.244 e. The molecule has 1 saturated heterocycles. The van der Waals surface area contributed by atoms with Crippen molar-refractivity contribution in [2.24, 2.45) is 0 Å². The third-order valence-corrected chi connectivity index (χ3v) is 4.68. The van der Waals surface area contributed by atoms with Crippen molar-refractivity contribution in [1.29, 1.82) is 0 Å². The summed E-state index contributed by atoms with van der Waals surface area (Å²) in [5, 5.41) is 3.17. The summed E-state index contributed by atoms with van der Waals surface area (Å²) in [6, 6.07) is 3.20. The molecule has 5 nitrogen and oxygen atoms in total. The summed E-state index contributed by atoms with van der Waals surface area (Å²) in [6.07, 6.45) is 2.96. The lowest BCUT2D eigenvalue weighted by molar-refractivity contribution is 0.284. The molecule has 1 aromatic heterocycles. The zero-order chi connectivity index (χ0) is 11.6. The average Bonchev–Trinajstić information content (AvgIpc) is 2.30. The highest BCUT2D eigenvalue weighted by atomic mass is 32.2. The minimum absolute atomic E-state index is 0.0149. The molecule has 1 N–H and O–H groups in total. The second-order valence-corrected chi connectivity index (χ2v) is 5.75. The molecule has 1 fully saturated rings. The van der Waals surface area contributed by atoms with Crippen molar-refractivity contribution < 1.29 is 8.42 Å². The van der Waals surface area contributed by atoms with Crippen molar-refractivity contribution in [3.05, 3.63) is 24.5 Å². The first kappa shape index (κ1) is 11.5. The van der Waals surface area contributed by atoms with E-state index in [9.17, 15) is 8.42 Å². The Balaban J connectivity index is 2.32. The van der Waals surface area contributed by atoms with E-state index in [1.54, 1.807) is 18.3 Å². The summed E-state index contributed by atoms with van der Waals surface area (Å²) < 4.78 is 26.0. The summed E-state index contributed by atoms with van der Waals surface area (Å²) in [5.41, 5.74) is 0. The van der Waals surface area contributed by atoms with Crippen molar-refractivity contribution in [2.45, 2.75) is 17.9 Å². The maximum atomic E-state index is 12.3. The lowest BCUT2D eigenvalue weighted by Crippen LogP contribution is -2.52. The molecule has 0 aliphatic carbocycles. The molecule has 0 radical (unpaired) electrons. The second kappa shape index (κ2) is 4.48. The summed E-state index contributed by atoms with van der Waals surface area (Å²) >= 11 is 0. The van der Waals surface area contributed by atoms with E-state index in [0.717, 1.165) is 0 Å². The summed E-state index contributed by atoms with van der Waals surface area (Å²) in [5.74, 6) is 0. The van der Waals surface area contributed by atoms with E-state index in [4.69, 9.17) is 0 Å². The van der Waals surface area contributed by atoms with Gasteiger partial charge in [-0.25, -0.2) is 8.42 Å². The molecule has 0 amide bonds. The van der Waals surface area contributed by atoms with Gasteiger partial charge >= 0.3 is 0 Å². The van der Waals surface area contributed by atoms with Crippen LogP contribution in [-0.2, 0) is 10.0 Å². The number of nitrogens with zero attached hydrogens (tertiary/aromatic N) is 2. The largest absolute Gasteiger partial charge is 0.314 e. The van der Waals surface area contributed by atoms with Crippen LogP contribution < -0.4 is 5.32 Å². The van der Waals surface area contributed by atoms with Gasteiger partial charge in [0, 0.05) is 38.1 Å². The highest BCUT2D eigenvalue weighted by molar-refractivity contribution is 7.89. The van der Waals surface area contributed by atoms with Gasteiger partial charge in [-0.3, -0.25) is 4.98 Å². The van der Waals surface area contributed by atoms with Crippen LogP contribution in [0.5, 0.6) is 0 Å². The van der Waals surface area contributed by atoms with E-state index in [1.165, 1.54) is 10.5 Å². The first-order valence-corrected chi connectivity index (χ1v) is 6.69. The van der Waals surface area contributed by atoms with E-state index in [0.29, 0.717) is 19.6 Å². The molecule has 1 unspecified atom stereocenters. The van der Waals surface area contributed by atoms with Gasteiger partial charge in [0.25, 0.3) is 0 Å². The predicted octanol–water partition coefficient (Wildman–Crippen LogP) is 0.0640. The molecule has 6 heteroatoms. The fourth-order valence-corrected chi connectivity index (χ4v) is 3.41. The Morgan fingerprint density at radius 3 is 3.00 bits per heavy atom. The number of sulfonamides is 1. The van der Waals surface area contributed by atoms with Crippen LogP contribution in [0.25, 0.3) is 0 Å². The van der Waals surface area contributed by atoms with Crippen LogP contribution in [0.2, 0.25) is 0 Å². The van der Waals surface area contributed by atoms with Gasteiger partial charge in [-0.15, -0.1) is 0 Å². The highest BCUT2D eigenvalue weighted by Gasteiger charge is 2.30. The van der Waals surface area contributed by atoms with E-state index < -0.39 is 10.0 Å². The first-order valence-electron chi connectivity index (χ1n) is 5.25. The Morgan fingerprint density at radius 1 is 1.56 bits per heavy atom. The molecule has 1 aromatic rings. The van der Waals surface area contributed by atoms with Crippen molar-refractivity contribution in [2.75, 3.05) is 19.6 Å². The Hall–Kier alpha value is -0.980. The number of hydrogen-bond acceptors (Lipinski definition) is 4. The molecule has 0 saturated carbocycles. The molecular weight excluding hydrogens is 226 g/mol. The number of nitrogens with one attached hydrogen (secondary N) is 1. The van der Waals surface area contributed by atoms with Crippen molar-refractivity contribution >= 4 is 10.0 Å². The van der Waals surface area contributed by atoms with Crippen LogP contribution in [0.4, 0.5) is 0 Å². The van der Waals surface area contributed by atoms with Gasteiger partial charge in [-0.1, -0.05) is 0 Å². The van der Waals surface area contributed by atoms with Crippen molar-refractivity contribution in [3.8, 4) is 0 Å². The summed E-state index contributed by atoms with van der Waals surface area (Å²) in [6.45, 7) is 3.81. The quantitative estimate of drug-likeness (QED) is 0.795. The molecule has 2 rings (SSSR count). The van der Waals surface area contributed by atoms with Crippen LogP contribution in [0.15, 0.2) is 29.4 Å². The summed E-state index contributed by atoms with van der Waals surface area (Å²) in [4.78, 5) is 4.12. The monoisotopic (exact) mass is 241 g/mol. The molecule has 88 valence electrons. The first-order chi connectivity index (χ1) is 7.62. The van der Waals surface area contributed by atoms with Gasteiger partial charge in [0.1, 0.15) is 4.90 Å². The average molecular weight is 241 g/mol. The van der Waals surface area contributed by atoms with Gasteiger partial charge < -0.3 is 5.32 Å². The fourth-order valence-electron chi connectivity index (χ4n) is 1.81. The number of piperazine rings is 1. The standard InChI is InChI=1S/C10H15N3O2S/c1-9-7-12-5-6-13(9)16(14,15)10-3-2-4-11-8-10/h2-4,8-9,12H,5-7H2,1H3. The lowest BCUT2D eigenvalue weighted by Gasteiger charge is -2.32. The van der Waals surface area contributed by atoms with E-state index >= 15 is 0 Å². The van der Waals surface area contributed by atoms with E-state index in [1.807, 2.05) is 6.92 Å². The predicted molar refractivity (Wildman–Crippen MR) is 60.5 cm³/mol. The normalized spacial score (nSPS) is 23.2. The molecular formula is C10H15N3O2S. The Morgan fingerprint density at radius 2 is 2.38 bits per heavy atom. The van der Waals surface area contributed by atoms with Crippen molar-refractivity contribution in [3.63, 3.8) is 0 Å². The molecule has 1 aliphatic rings. The van der Waals surface area contributed by atoms with E-state index in [-0.39, 0.29) is 10.9 Å². The minimum Gasteiger partial charge on any atom is -0.314 e. The zero-order valence-electron chi connectivity index (χ0n) is 9.13. The topological polar surface area (TPSA) is 62.3 Å². The Kier molecular flexibility index (Phi) is 3.22. The van der Waals surface area contributed by atoms with Crippen LogP contribution in [-0.4, -0.2) is 43.4 Å². The molecule has 16 heavy (non-hydrogen) atoms. The molecule has 0 aromatic carbocycles. The maximum absolute atomic E-state index is 12.3. The highest BCUT2D eigenvalue weighted by Crippen LogP contribution is 2.17. The fraction of sp³-hybridized carbons (Fsp3) is 0.500. The Bertz CT molecular complexity index is 446. The van der Waals surface area contributed by atoms with Crippen LogP contribution in [0.1, 0.15) is 6.92 Å². The van der Waals surface area contributed by atoms with Gasteiger partial charge in [0.05, 0.1) is 0 Å². The van der Waals surface area contributed by atoms with Gasteiger partial charge in [0.15, 0.2) is 0 Å². The zero-order valence-corrected chi connectivity index (χ0v) is 9.94. The van der Waals surface area contributed by atoms with Crippen LogP contribution in [0, 0.1) is 0 Å². The number of aromatic nitrogens is 1. The third-order valence-electron chi connectivity index (χ3n) is 2.68. The summed E-state index contributed by atoms with van der Waals surface area (Å²) in [7, 11) is -3.38. The lowest BCUT2D eigenvalue weighted by atomic mass is 10.3. The minimum atomic E-state index is -3.38.